The Hall–Kier alpha value is -1.78. The lowest BCUT2D eigenvalue weighted by Crippen LogP contribution is -2.59. The summed E-state index contributed by atoms with van der Waals surface area (Å²) < 4.78 is 0. The maximum atomic E-state index is 5.65. The zero-order valence-corrected chi connectivity index (χ0v) is 13.0. The number of hydrogen-bond acceptors (Lipinski definition) is 2. The molecule has 2 nitrogen and oxygen atoms in total. The number of nitrogens with one attached hydrogen (secondary N) is 1. The second-order valence-corrected chi connectivity index (χ2v) is 6.31. The fourth-order valence-corrected chi connectivity index (χ4v) is 4.06. The van der Waals surface area contributed by atoms with E-state index in [9.17, 15) is 0 Å². The van der Waals surface area contributed by atoms with E-state index in [4.69, 9.17) is 24.4 Å². The molecule has 1 unspecified atom stereocenters. The van der Waals surface area contributed by atoms with Gasteiger partial charge in [0.25, 0.3) is 0 Å². The molecule has 104 valence electrons. The number of para-hydroxylation sites is 1. The third-order valence-electron chi connectivity index (χ3n) is 4.29. The van der Waals surface area contributed by atoms with E-state index in [1.54, 1.807) is 0 Å². The Kier molecular flexibility index (Phi) is 2.84. The van der Waals surface area contributed by atoms with Gasteiger partial charge in [0, 0.05) is 18.4 Å². The summed E-state index contributed by atoms with van der Waals surface area (Å²) >= 11 is 11.3. The Balaban J connectivity index is 1.97. The summed E-state index contributed by atoms with van der Waals surface area (Å²) in [7, 11) is 0. The second-order valence-electron chi connectivity index (χ2n) is 5.43. The molecule has 1 saturated heterocycles. The highest BCUT2D eigenvalue weighted by Gasteiger charge is 2.49. The van der Waals surface area contributed by atoms with Crippen molar-refractivity contribution in [3.8, 4) is 0 Å². The highest BCUT2D eigenvalue weighted by Crippen LogP contribution is 2.45. The average Bonchev–Trinajstić information content (AvgIpc) is 2.87. The number of rotatable bonds is 1. The van der Waals surface area contributed by atoms with Crippen LogP contribution in [0.5, 0.6) is 0 Å². The Morgan fingerprint density at radius 1 is 0.952 bits per heavy atom. The lowest BCUT2D eigenvalue weighted by Gasteiger charge is -2.46. The van der Waals surface area contributed by atoms with E-state index in [1.165, 1.54) is 5.56 Å². The third kappa shape index (κ3) is 1.76. The van der Waals surface area contributed by atoms with E-state index in [2.05, 4.69) is 46.6 Å². The predicted octanol–water partition coefficient (Wildman–Crippen LogP) is 3.75. The van der Waals surface area contributed by atoms with Gasteiger partial charge in [0.1, 0.15) is 10.7 Å². The number of nitrogens with zero attached hydrogens (tertiary/aromatic N) is 1. The molecule has 0 amide bonds. The topological polar surface area (TPSA) is 15.3 Å². The summed E-state index contributed by atoms with van der Waals surface area (Å²) in [5.74, 6) is 0. The maximum Gasteiger partial charge on any atom is 0.143 e. The number of fused-ring (bicyclic) bond motifs is 3. The van der Waals surface area contributed by atoms with Gasteiger partial charge in [-0.3, -0.25) is 0 Å². The molecule has 0 spiro atoms. The molecule has 21 heavy (non-hydrogen) atoms. The predicted molar refractivity (Wildman–Crippen MR) is 93.7 cm³/mol. The Morgan fingerprint density at radius 2 is 1.67 bits per heavy atom. The van der Waals surface area contributed by atoms with Crippen LogP contribution in [0.2, 0.25) is 0 Å². The summed E-state index contributed by atoms with van der Waals surface area (Å²) in [6.45, 7) is 0. The van der Waals surface area contributed by atoms with Gasteiger partial charge < -0.3 is 10.2 Å². The molecule has 2 aliphatic rings. The van der Waals surface area contributed by atoms with E-state index in [0.29, 0.717) is 0 Å². The molecule has 4 heteroatoms. The van der Waals surface area contributed by atoms with Crippen LogP contribution in [0.15, 0.2) is 54.6 Å². The van der Waals surface area contributed by atoms with Crippen molar-refractivity contribution >= 4 is 40.1 Å². The number of benzene rings is 2. The van der Waals surface area contributed by atoms with Crippen LogP contribution in [0, 0.1) is 0 Å². The Morgan fingerprint density at radius 3 is 2.48 bits per heavy atom. The molecule has 2 aromatic carbocycles. The van der Waals surface area contributed by atoms with Crippen LogP contribution in [0.4, 0.5) is 5.69 Å². The number of anilines is 1. The molecule has 4 rings (SSSR count). The van der Waals surface area contributed by atoms with Crippen LogP contribution < -0.4 is 10.2 Å². The SMILES string of the molecule is S=C1NC2(c3ccccc3)CCC(=S)N2c2ccccc21. The monoisotopic (exact) mass is 310 g/mol. The van der Waals surface area contributed by atoms with Gasteiger partial charge in [-0.25, -0.2) is 0 Å². The van der Waals surface area contributed by atoms with Gasteiger partial charge in [0.2, 0.25) is 0 Å². The van der Waals surface area contributed by atoms with Crippen molar-refractivity contribution in [2.24, 2.45) is 0 Å². The van der Waals surface area contributed by atoms with Crippen LogP contribution in [-0.4, -0.2) is 9.98 Å². The summed E-state index contributed by atoms with van der Waals surface area (Å²) in [6.07, 6.45) is 1.83. The van der Waals surface area contributed by atoms with Gasteiger partial charge >= 0.3 is 0 Å². The van der Waals surface area contributed by atoms with Crippen LogP contribution in [0.1, 0.15) is 24.0 Å². The lowest BCUT2D eigenvalue weighted by atomic mass is 9.92. The van der Waals surface area contributed by atoms with E-state index in [1.807, 2.05) is 18.2 Å². The largest absolute Gasteiger partial charge is 0.349 e. The number of thiocarbonyl (C=S) groups is 2. The summed E-state index contributed by atoms with van der Waals surface area (Å²) in [6, 6.07) is 18.7. The maximum absolute atomic E-state index is 5.65. The van der Waals surface area contributed by atoms with Gasteiger partial charge in [0.05, 0.1) is 10.7 Å². The highest BCUT2D eigenvalue weighted by molar-refractivity contribution is 7.81. The molecule has 0 bridgehead atoms. The van der Waals surface area contributed by atoms with Crippen molar-refractivity contribution in [3.63, 3.8) is 0 Å². The summed E-state index contributed by atoms with van der Waals surface area (Å²) in [5, 5.41) is 3.56. The standard InChI is InChI=1S/C17H14N2S2/c20-15-10-11-17(12-6-2-1-3-7-12)18-16(21)13-8-4-5-9-14(13)19(15)17/h1-9H,10-11H2,(H,18,21). The molecule has 2 aliphatic heterocycles. The van der Waals surface area contributed by atoms with Gasteiger partial charge in [-0.2, -0.15) is 0 Å². The molecule has 2 aromatic rings. The van der Waals surface area contributed by atoms with Crippen LogP contribution in [0.3, 0.4) is 0 Å². The minimum Gasteiger partial charge on any atom is -0.349 e. The van der Waals surface area contributed by atoms with Crippen LogP contribution >= 0.6 is 24.4 Å². The molecule has 2 heterocycles. The van der Waals surface area contributed by atoms with E-state index in [0.717, 1.165) is 34.1 Å². The minimum atomic E-state index is -0.330. The third-order valence-corrected chi connectivity index (χ3v) is 5.00. The van der Waals surface area contributed by atoms with Crippen molar-refractivity contribution in [1.82, 2.24) is 5.32 Å². The van der Waals surface area contributed by atoms with Crippen molar-refractivity contribution in [2.45, 2.75) is 18.5 Å². The molecule has 1 atom stereocenters. The van der Waals surface area contributed by atoms with Gasteiger partial charge in [-0.15, -0.1) is 0 Å². The van der Waals surface area contributed by atoms with Crippen molar-refractivity contribution in [2.75, 3.05) is 4.90 Å². The van der Waals surface area contributed by atoms with E-state index >= 15 is 0 Å². The van der Waals surface area contributed by atoms with Gasteiger partial charge in [-0.05, 0) is 17.7 Å². The lowest BCUT2D eigenvalue weighted by molar-refractivity contribution is 0.413. The van der Waals surface area contributed by atoms with E-state index in [-0.39, 0.29) is 5.66 Å². The van der Waals surface area contributed by atoms with Gasteiger partial charge in [0.15, 0.2) is 0 Å². The quantitative estimate of drug-likeness (QED) is 0.807. The Bertz CT molecular complexity index is 741. The zero-order valence-electron chi connectivity index (χ0n) is 11.4. The number of hydrogen-bond donors (Lipinski definition) is 1. The fraction of sp³-hybridized carbons (Fsp3) is 0.176. The molecule has 1 N–H and O–H groups in total. The first-order valence-corrected chi connectivity index (χ1v) is 7.84. The molecule has 0 radical (unpaired) electrons. The molecular formula is C17H14N2S2. The molecule has 0 aromatic heterocycles. The zero-order chi connectivity index (χ0) is 14.4. The molecular weight excluding hydrogens is 296 g/mol. The Labute approximate surface area is 134 Å². The van der Waals surface area contributed by atoms with Crippen molar-refractivity contribution < 1.29 is 0 Å². The summed E-state index contributed by atoms with van der Waals surface area (Å²) in [5.41, 5.74) is 3.06. The smallest absolute Gasteiger partial charge is 0.143 e. The molecule has 0 saturated carbocycles. The first kappa shape index (κ1) is 12.9. The molecule has 0 aliphatic carbocycles. The first-order chi connectivity index (χ1) is 10.2. The van der Waals surface area contributed by atoms with Crippen molar-refractivity contribution in [1.29, 1.82) is 0 Å². The van der Waals surface area contributed by atoms with E-state index < -0.39 is 0 Å². The fourth-order valence-electron chi connectivity index (χ4n) is 3.36. The normalized spacial score (nSPS) is 23.5. The van der Waals surface area contributed by atoms with Crippen molar-refractivity contribution in [3.05, 3.63) is 65.7 Å². The first-order valence-electron chi connectivity index (χ1n) is 7.02. The van der Waals surface area contributed by atoms with Crippen LogP contribution in [-0.2, 0) is 5.66 Å². The van der Waals surface area contributed by atoms with Gasteiger partial charge in [-0.1, -0.05) is 66.9 Å². The van der Waals surface area contributed by atoms with Crippen LogP contribution in [0.25, 0.3) is 0 Å². The highest BCUT2D eigenvalue weighted by atomic mass is 32.1. The minimum absolute atomic E-state index is 0.330. The average molecular weight is 310 g/mol. The molecule has 1 fully saturated rings. The second kappa shape index (κ2) is 4.61. The summed E-state index contributed by atoms with van der Waals surface area (Å²) in [4.78, 5) is 4.03.